The minimum absolute atomic E-state index is 0.0667. The van der Waals surface area contributed by atoms with Crippen molar-refractivity contribution in [3.63, 3.8) is 0 Å². The third kappa shape index (κ3) is 3.08. The van der Waals surface area contributed by atoms with Gasteiger partial charge in [0.05, 0.1) is 18.9 Å². The van der Waals surface area contributed by atoms with E-state index in [2.05, 4.69) is 21.0 Å². The Labute approximate surface area is 138 Å². The summed E-state index contributed by atoms with van der Waals surface area (Å²) in [6, 6.07) is 9.70. The second-order valence-electron chi connectivity index (χ2n) is 5.26. The summed E-state index contributed by atoms with van der Waals surface area (Å²) in [5.74, 6) is 0.0667. The largest absolute Gasteiger partial charge is 0.378 e. The summed E-state index contributed by atoms with van der Waals surface area (Å²) in [6.45, 7) is 2.56. The maximum Gasteiger partial charge on any atom is 0.254 e. The Bertz CT molecular complexity index is 661. The summed E-state index contributed by atoms with van der Waals surface area (Å²) in [7, 11) is 1.93. The fourth-order valence-corrected chi connectivity index (χ4v) is 3.03. The van der Waals surface area contributed by atoms with Crippen LogP contribution in [-0.2, 0) is 17.1 Å². The van der Waals surface area contributed by atoms with Gasteiger partial charge in [-0.3, -0.25) is 9.48 Å². The van der Waals surface area contributed by atoms with Crippen LogP contribution < -0.4 is 0 Å². The van der Waals surface area contributed by atoms with E-state index >= 15 is 0 Å². The molecule has 1 aliphatic rings. The predicted molar refractivity (Wildman–Crippen MR) is 88.0 cm³/mol. The number of rotatable bonds is 3. The average Bonchev–Trinajstić information content (AvgIpc) is 2.96. The number of hydrogen-bond donors (Lipinski definition) is 0. The van der Waals surface area contributed by atoms with Gasteiger partial charge in [0.1, 0.15) is 0 Å². The van der Waals surface area contributed by atoms with Crippen LogP contribution in [-0.4, -0.2) is 46.9 Å². The van der Waals surface area contributed by atoms with Gasteiger partial charge >= 0.3 is 0 Å². The number of ether oxygens (including phenoxy) is 1. The molecule has 6 heteroatoms. The topological polar surface area (TPSA) is 47.4 Å². The number of benzene rings is 1. The number of alkyl halides is 1. The second kappa shape index (κ2) is 6.62. The summed E-state index contributed by atoms with van der Waals surface area (Å²) in [5.41, 5.74) is 3.76. The van der Waals surface area contributed by atoms with Gasteiger partial charge in [0, 0.05) is 42.3 Å². The zero-order valence-corrected chi connectivity index (χ0v) is 14.0. The van der Waals surface area contributed by atoms with E-state index in [9.17, 15) is 4.79 Å². The van der Waals surface area contributed by atoms with Gasteiger partial charge in [-0.05, 0) is 18.2 Å². The molecule has 1 fully saturated rings. The Hall–Kier alpha value is -1.66. The highest BCUT2D eigenvalue weighted by Crippen LogP contribution is 2.21. The smallest absolute Gasteiger partial charge is 0.254 e. The molecule has 1 saturated heterocycles. The summed E-state index contributed by atoms with van der Waals surface area (Å²) in [5, 5.41) is 5.26. The SMILES string of the molecule is Cn1nc(-c2ccc(C(=O)N3CCOCC3)cc2)cc1CBr. The van der Waals surface area contributed by atoms with Crippen LogP contribution in [0.3, 0.4) is 0 Å². The number of morpholine rings is 1. The highest BCUT2D eigenvalue weighted by molar-refractivity contribution is 9.08. The molecule has 2 heterocycles. The number of aryl methyl sites for hydroxylation is 1. The van der Waals surface area contributed by atoms with E-state index in [4.69, 9.17) is 4.74 Å². The number of carbonyl (C=O) groups excluding carboxylic acids is 1. The van der Waals surface area contributed by atoms with E-state index in [0.29, 0.717) is 31.9 Å². The van der Waals surface area contributed by atoms with E-state index in [0.717, 1.165) is 22.3 Å². The lowest BCUT2D eigenvalue weighted by Gasteiger charge is -2.26. The summed E-state index contributed by atoms with van der Waals surface area (Å²) in [4.78, 5) is 14.2. The number of aromatic nitrogens is 2. The lowest BCUT2D eigenvalue weighted by atomic mass is 10.1. The van der Waals surface area contributed by atoms with Gasteiger partial charge in [-0.15, -0.1) is 0 Å². The Morgan fingerprint density at radius 2 is 1.95 bits per heavy atom. The van der Waals surface area contributed by atoms with Crippen molar-refractivity contribution in [3.8, 4) is 11.3 Å². The molecule has 0 N–H and O–H groups in total. The third-order valence-corrected chi connectivity index (χ3v) is 4.41. The van der Waals surface area contributed by atoms with Gasteiger partial charge in [0.15, 0.2) is 0 Å². The second-order valence-corrected chi connectivity index (χ2v) is 5.82. The van der Waals surface area contributed by atoms with Crippen molar-refractivity contribution in [3.05, 3.63) is 41.6 Å². The van der Waals surface area contributed by atoms with E-state index in [1.165, 1.54) is 0 Å². The van der Waals surface area contributed by atoms with E-state index < -0.39 is 0 Å². The van der Waals surface area contributed by atoms with Gasteiger partial charge in [0.2, 0.25) is 0 Å². The first kappa shape index (κ1) is 15.2. The normalized spacial score (nSPS) is 15.1. The fraction of sp³-hybridized carbons (Fsp3) is 0.375. The molecule has 5 nitrogen and oxygen atoms in total. The molecule has 0 unspecified atom stereocenters. The number of hydrogen-bond acceptors (Lipinski definition) is 3. The molecule has 22 heavy (non-hydrogen) atoms. The number of amides is 1. The Morgan fingerprint density at radius 1 is 1.27 bits per heavy atom. The first-order valence-electron chi connectivity index (χ1n) is 7.25. The van der Waals surface area contributed by atoms with Gasteiger partial charge in [0.25, 0.3) is 5.91 Å². The summed E-state index contributed by atoms with van der Waals surface area (Å²) >= 11 is 3.45. The van der Waals surface area contributed by atoms with Crippen molar-refractivity contribution in [2.24, 2.45) is 7.05 Å². The standard InChI is InChI=1S/C16H18BrN3O2/c1-19-14(11-17)10-15(18-19)12-2-4-13(5-3-12)16(21)20-6-8-22-9-7-20/h2-5,10H,6-9,11H2,1H3. The molecule has 0 saturated carbocycles. The van der Waals surface area contributed by atoms with Crippen molar-refractivity contribution in [2.75, 3.05) is 26.3 Å². The Balaban J connectivity index is 1.78. The van der Waals surface area contributed by atoms with E-state index in [-0.39, 0.29) is 5.91 Å². The van der Waals surface area contributed by atoms with Crippen molar-refractivity contribution >= 4 is 21.8 Å². The average molecular weight is 364 g/mol. The lowest BCUT2D eigenvalue weighted by molar-refractivity contribution is 0.0303. The molecule has 2 aromatic rings. The van der Waals surface area contributed by atoms with Crippen molar-refractivity contribution in [2.45, 2.75) is 5.33 Å². The highest BCUT2D eigenvalue weighted by Gasteiger charge is 2.18. The molecule has 1 aromatic heterocycles. The van der Waals surface area contributed by atoms with Crippen LogP contribution in [0, 0.1) is 0 Å². The van der Waals surface area contributed by atoms with Crippen LogP contribution >= 0.6 is 15.9 Å². The van der Waals surface area contributed by atoms with Crippen molar-refractivity contribution in [1.29, 1.82) is 0 Å². The van der Waals surface area contributed by atoms with Crippen LogP contribution in [0.4, 0.5) is 0 Å². The maximum atomic E-state index is 12.4. The van der Waals surface area contributed by atoms with Crippen molar-refractivity contribution < 1.29 is 9.53 Å². The van der Waals surface area contributed by atoms with Crippen LogP contribution in [0.5, 0.6) is 0 Å². The molecular formula is C16H18BrN3O2. The molecule has 116 valence electrons. The highest BCUT2D eigenvalue weighted by atomic mass is 79.9. The minimum Gasteiger partial charge on any atom is -0.378 e. The Morgan fingerprint density at radius 3 is 2.55 bits per heavy atom. The Kier molecular flexibility index (Phi) is 4.59. The molecule has 1 aromatic carbocycles. The van der Waals surface area contributed by atoms with Crippen LogP contribution in [0.1, 0.15) is 16.1 Å². The molecule has 3 rings (SSSR count). The minimum atomic E-state index is 0.0667. The van der Waals surface area contributed by atoms with Crippen LogP contribution in [0.2, 0.25) is 0 Å². The van der Waals surface area contributed by atoms with Crippen LogP contribution in [0.15, 0.2) is 30.3 Å². The predicted octanol–water partition coefficient (Wildman–Crippen LogP) is 2.45. The van der Waals surface area contributed by atoms with Gasteiger partial charge in [-0.1, -0.05) is 28.1 Å². The lowest BCUT2D eigenvalue weighted by Crippen LogP contribution is -2.40. The van der Waals surface area contributed by atoms with Gasteiger partial charge in [-0.2, -0.15) is 5.10 Å². The summed E-state index contributed by atoms with van der Waals surface area (Å²) < 4.78 is 7.14. The van der Waals surface area contributed by atoms with E-state index in [1.54, 1.807) is 0 Å². The summed E-state index contributed by atoms with van der Waals surface area (Å²) in [6.07, 6.45) is 0. The zero-order chi connectivity index (χ0) is 15.5. The monoisotopic (exact) mass is 363 g/mol. The molecule has 1 amide bonds. The van der Waals surface area contributed by atoms with Crippen molar-refractivity contribution in [1.82, 2.24) is 14.7 Å². The number of nitrogens with zero attached hydrogens (tertiary/aromatic N) is 3. The zero-order valence-electron chi connectivity index (χ0n) is 12.5. The molecular weight excluding hydrogens is 346 g/mol. The maximum absolute atomic E-state index is 12.4. The number of carbonyl (C=O) groups is 1. The molecule has 0 atom stereocenters. The van der Waals surface area contributed by atoms with E-state index in [1.807, 2.05) is 47.0 Å². The molecule has 0 aliphatic carbocycles. The molecule has 1 aliphatic heterocycles. The molecule has 0 radical (unpaired) electrons. The third-order valence-electron chi connectivity index (χ3n) is 3.84. The van der Waals surface area contributed by atoms with Gasteiger partial charge < -0.3 is 9.64 Å². The first-order chi connectivity index (χ1) is 10.7. The fourth-order valence-electron chi connectivity index (χ4n) is 2.50. The van der Waals surface area contributed by atoms with Crippen LogP contribution in [0.25, 0.3) is 11.3 Å². The van der Waals surface area contributed by atoms with Gasteiger partial charge in [-0.25, -0.2) is 0 Å². The molecule has 0 spiro atoms. The first-order valence-corrected chi connectivity index (χ1v) is 8.37. The number of halogens is 1. The quantitative estimate of drug-likeness (QED) is 0.787. The molecule has 0 bridgehead atoms.